The van der Waals surface area contributed by atoms with Gasteiger partial charge < -0.3 is 10.0 Å². The van der Waals surface area contributed by atoms with Crippen LogP contribution >= 0.6 is 0 Å². The van der Waals surface area contributed by atoms with E-state index in [-0.39, 0.29) is 6.42 Å². The van der Waals surface area contributed by atoms with Crippen LogP contribution in [0, 0.1) is 6.92 Å². The number of carboxylic acid groups (broad SMARTS) is 1. The molecular formula is C18H21NO2. The molecule has 0 aliphatic carbocycles. The number of carbonyl (C=O) groups is 1. The van der Waals surface area contributed by atoms with Gasteiger partial charge in [-0.05, 0) is 30.5 Å². The van der Waals surface area contributed by atoms with Crippen molar-refractivity contribution in [1.82, 2.24) is 0 Å². The lowest BCUT2D eigenvalue weighted by Crippen LogP contribution is -2.29. The number of hydrogen-bond acceptors (Lipinski definition) is 2. The Morgan fingerprint density at radius 3 is 2.33 bits per heavy atom. The maximum atomic E-state index is 10.9. The molecule has 0 amide bonds. The van der Waals surface area contributed by atoms with Crippen LogP contribution in [0.15, 0.2) is 54.6 Å². The second-order valence-corrected chi connectivity index (χ2v) is 5.15. The molecule has 2 aromatic rings. The number of para-hydroxylation sites is 1. The highest BCUT2D eigenvalue weighted by Crippen LogP contribution is 2.20. The number of aliphatic carboxylic acids is 1. The Morgan fingerprint density at radius 2 is 1.67 bits per heavy atom. The first-order valence-electron chi connectivity index (χ1n) is 7.23. The van der Waals surface area contributed by atoms with E-state index in [4.69, 9.17) is 5.11 Å². The van der Waals surface area contributed by atoms with Crippen molar-refractivity contribution in [1.29, 1.82) is 0 Å². The summed E-state index contributed by atoms with van der Waals surface area (Å²) in [5.74, 6) is -0.756. The molecule has 0 unspecified atom stereocenters. The highest BCUT2D eigenvalue weighted by atomic mass is 16.4. The van der Waals surface area contributed by atoms with Crippen molar-refractivity contribution in [2.75, 3.05) is 18.0 Å². The van der Waals surface area contributed by atoms with E-state index in [2.05, 4.69) is 36.1 Å². The fourth-order valence-electron chi connectivity index (χ4n) is 2.41. The van der Waals surface area contributed by atoms with Crippen molar-refractivity contribution in [3.05, 3.63) is 65.7 Å². The quantitative estimate of drug-likeness (QED) is 0.845. The molecule has 0 bridgehead atoms. The minimum absolute atomic E-state index is 0.156. The Morgan fingerprint density at radius 1 is 1.00 bits per heavy atom. The predicted molar refractivity (Wildman–Crippen MR) is 85.8 cm³/mol. The first kappa shape index (κ1) is 15.1. The molecule has 0 spiro atoms. The second-order valence-electron chi connectivity index (χ2n) is 5.15. The maximum Gasteiger partial charge on any atom is 0.305 e. The highest BCUT2D eigenvalue weighted by Gasteiger charge is 2.10. The van der Waals surface area contributed by atoms with Crippen LogP contribution in [-0.2, 0) is 11.2 Å². The lowest BCUT2D eigenvalue weighted by Gasteiger charge is -2.26. The van der Waals surface area contributed by atoms with Gasteiger partial charge >= 0.3 is 5.97 Å². The van der Waals surface area contributed by atoms with Crippen LogP contribution in [-0.4, -0.2) is 24.2 Å². The first-order chi connectivity index (χ1) is 10.2. The molecule has 0 aliphatic rings. The molecule has 21 heavy (non-hydrogen) atoms. The van der Waals surface area contributed by atoms with E-state index < -0.39 is 5.97 Å². The molecule has 0 fully saturated rings. The zero-order chi connectivity index (χ0) is 15.1. The molecule has 0 heterocycles. The molecule has 1 N–H and O–H groups in total. The van der Waals surface area contributed by atoms with Gasteiger partial charge in [0.15, 0.2) is 0 Å². The number of anilines is 1. The summed E-state index contributed by atoms with van der Waals surface area (Å²) in [6, 6.07) is 18.4. The maximum absolute atomic E-state index is 10.9. The summed E-state index contributed by atoms with van der Waals surface area (Å²) in [6.45, 7) is 3.42. The molecule has 2 rings (SSSR count). The van der Waals surface area contributed by atoms with Crippen LogP contribution in [0.2, 0.25) is 0 Å². The van der Waals surface area contributed by atoms with Crippen molar-refractivity contribution >= 4 is 11.7 Å². The Balaban J connectivity index is 2.09. The summed E-state index contributed by atoms with van der Waals surface area (Å²) in [6.07, 6.45) is 1.07. The summed E-state index contributed by atoms with van der Waals surface area (Å²) in [5.41, 5.74) is 3.57. The van der Waals surface area contributed by atoms with Gasteiger partial charge in [0.1, 0.15) is 0 Å². The summed E-state index contributed by atoms with van der Waals surface area (Å²) in [5, 5.41) is 8.94. The van der Waals surface area contributed by atoms with Gasteiger partial charge in [-0.2, -0.15) is 0 Å². The smallest absolute Gasteiger partial charge is 0.305 e. The van der Waals surface area contributed by atoms with E-state index in [9.17, 15) is 4.79 Å². The van der Waals surface area contributed by atoms with Gasteiger partial charge in [0.05, 0.1) is 6.42 Å². The Labute approximate surface area is 125 Å². The van der Waals surface area contributed by atoms with Crippen LogP contribution < -0.4 is 4.90 Å². The van der Waals surface area contributed by atoms with Crippen molar-refractivity contribution in [3.63, 3.8) is 0 Å². The number of carboxylic acids is 1. The zero-order valence-electron chi connectivity index (χ0n) is 12.3. The van der Waals surface area contributed by atoms with Crippen molar-refractivity contribution < 1.29 is 9.90 Å². The third kappa shape index (κ3) is 4.63. The minimum atomic E-state index is -0.756. The van der Waals surface area contributed by atoms with Crippen LogP contribution in [0.4, 0.5) is 5.69 Å². The fraction of sp³-hybridized carbons (Fsp3) is 0.278. The molecule has 0 saturated heterocycles. The Kier molecular flexibility index (Phi) is 5.38. The van der Waals surface area contributed by atoms with Crippen LogP contribution in [0.25, 0.3) is 0 Å². The summed E-state index contributed by atoms with van der Waals surface area (Å²) in [7, 11) is 0. The Hall–Kier alpha value is -2.29. The fourth-order valence-corrected chi connectivity index (χ4v) is 2.41. The molecule has 3 heteroatoms. The number of nitrogens with zero attached hydrogens (tertiary/aromatic N) is 1. The molecule has 0 aromatic heterocycles. The van der Waals surface area contributed by atoms with Crippen LogP contribution in [0.5, 0.6) is 0 Å². The molecule has 110 valence electrons. The van der Waals surface area contributed by atoms with E-state index in [0.717, 1.165) is 18.7 Å². The average molecular weight is 283 g/mol. The largest absolute Gasteiger partial charge is 0.481 e. The molecule has 0 saturated carbocycles. The normalized spacial score (nSPS) is 10.3. The number of aryl methyl sites for hydroxylation is 1. The topological polar surface area (TPSA) is 40.5 Å². The molecule has 2 aromatic carbocycles. The van der Waals surface area contributed by atoms with Crippen molar-refractivity contribution in [3.8, 4) is 0 Å². The van der Waals surface area contributed by atoms with Gasteiger partial charge in [0.25, 0.3) is 0 Å². The monoisotopic (exact) mass is 283 g/mol. The molecule has 0 radical (unpaired) electrons. The molecular weight excluding hydrogens is 262 g/mol. The second kappa shape index (κ2) is 7.48. The van der Waals surface area contributed by atoms with Gasteiger partial charge in [-0.25, -0.2) is 0 Å². The lowest BCUT2D eigenvalue weighted by molar-refractivity contribution is -0.136. The van der Waals surface area contributed by atoms with E-state index in [1.54, 1.807) is 0 Å². The standard InChI is InChI=1S/C18H21NO2/c1-15-7-5-6-10-17(15)19(14-12-18(20)21)13-11-16-8-3-2-4-9-16/h2-10H,11-14H2,1H3,(H,20,21). The predicted octanol–water partition coefficient (Wildman–Crippen LogP) is 3.52. The van der Waals surface area contributed by atoms with E-state index in [1.807, 2.05) is 30.3 Å². The third-order valence-electron chi connectivity index (χ3n) is 3.56. The average Bonchev–Trinajstić information content (AvgIpc) is 2.49. The van der Waals surface area contributed by atoms with Gasteiger partial charge in [-0.1, -0.05) is 48.5 Å². The lowest BCUT2D eigenvalue weighted by atomic mass is 10.1. The first-order valence-corrected chi connectivity index (χ1v) is 7.23. The van der Waals surface area contributed by atoms with Crippen molar-refractivity contribution in [2.45, 2.75) is 19.8 Å². The summed E-state index contributed by atoms with van der Waals surface area (Å²) < 4.78 is 0. The minimum Gasteiger partial charge on any atom is -0.481 e. The SMILES string of the molecule is Cc1ccccc1N(CCC(=O)O)CCc1ccccc1. The van der Waals surface area contributed by atoms with Gasteiger partial charge in [-0.3, -0.25) is 4.79 Å². The van der Waals surface area contributed by atoms with Gasteiger partial charge in [-0.15, -0.1) is 0 Å². The molecule has 3 nitrogen and oxygen atoms in total. The highest BCUT2D eigenvalue weighted by molar-refractivity contribution is 5.68. The third-order valence-corrected chi connectivity index (χ3v) is 3.56. The van der Waals surface area contributed by atoms with Crippen molar-refractivity contribution in [2.24, 2.45) is 0 Å². The molecule has 0 atom stereocenters. The summed E-state index contributed by atoms with van der Waals surface area (Å²) in [4.78, 5) is 13.0. The molecule has 0 aliphatic heterocycles. The van der Waals surface area contributed by atoms with E-state index >= 15 is 0 Å². The number of benzene rings is 2. The van der Waals surface area contributed by atoms with Crippen LogP contribution in [0.1, 0.15) is 17.5 Å². The zero-order valence-corrected chi connectivity index (χ0v) is 12.3. The number of rotatable bonds is 7. The summed E-state index contributed by atoms with van der Waals surface area (Å²) >= 11 is 0. The van der Waals surface area contributed by atoms with Gasteiger partial charge in [0, 0.05) is 18.8 Å². The Bertz CT molecular complexity index is 581. The van der Waals surface area contributed by atoms with Gasteiger partial charge in [0.2, 0.25) is 0 Å². The van der Waals surface area contributed by atoms with E-state index in [1.165, 1.54) is 11.1 Å². The number of hydrogen-bond donors (Lipinski definition) is 1. The van der Waals surface area contributed by atoms with Crippen LogP contribution in [0.3, 0.4) is 0 Å². The van der Waals surface area contributed by atoms with E-state index in [0.29, 0.717) is 6.54 Å².